The van der Waals surface area contributed by atoms with Crippen molar-refractivity contribution >= 4 is 17.9 Å². The predicted molar refractivity (Wildman–Crippen MR) is 99.0 cm³/mol. The molecule has 0 aromatic heterocycles. The fraction of sp³-hybridized carbons (Fsp3) is 0.286. The number of hydrogen-bond donors (Lipinski definition) is 2. The molecule has 2 N–H and O–H groups in total. The summed E-state index contributed by atoms with van der Waals surface area (Å²) in [6.07, 6.45) is 1.88. The molecule has 1 fully saturated rings. The molecule has 2 aromatic carbocycles. The van der Waals surface area contributed by atoms with Crippen molar-refractivity contribution < 1.29 is 19.5 Å². The number of unbranched alkanes of at least 4 members (excludes halogenated alkanes) is 2. The molecule has 0 unspecified atom stereocenters. The van der Waals surface area contributed by atoms with E-state index in [4.69, 9.17) is 5.11 Å². The Kier molecular flexibility index (Phi) is 4.18. The van der Waals surface area contributed by atoms with Gasteiger partial charge in [0.25, 0.3) is 5.91 Å². The van der Waals surface area contributed by atoms with E-state index in [1.165, 1.54) is 4.90 Å². The molecule has 3 amide bonds. The van der Waals surface area contributed by atoms with E-state index in [1.807, 2.05) is 48.5 Å². The number of amides is 3. The minimum Gasteiger partial charge on any atom is -0.481 e. The highest BCUT2D eigenvalue weighted by molar-refractivity contribution is 6.13. The van der Waals surface area contributed by atoms with Crippen molar-refractivity contribution in [2.24, 2.45) is 0 Å². The lowest BCUT2D eigenvalue weighted by Gasteiger charge is -2.24. The zero-order chi connectivity index (χ0) is 19.0. The number of nitrogens with one attached hydrogen (secondary N) is 1. The van der Waals surface area contributed by atoms with E-state index in [9.17, 15) is 14.4 Å². The quantitative estimate of drug-likeness (QED) is 0.609. The Morgan fingerprint density at radius 3 is 2.11 bits per heavy atom. The Labute approximate surface area is 156 Å². The summed E-state index contributed by atoms with van der Waals surface area (Å²) in [5, 5.41) is 11.6. The summed E-state index contributed by atoms with van der Waals surface area (Å²) in [5.41, 5.74) is 2.37. The third-order valence-corrected chi connectivity index (χ3v) is 5.33. The molecule has 138 valence electrons. The zero-order valence-corrected chi connectivity index (χ0v) is 14.8. The number of carbonyl (C=O) groups is 3. The Balaban J connectivity index is 1.62. The van der Waals surface area contributed by atoms with Crippen molar-refractivity contribution in [2.45, 2.75) is 31.2 Å². The minimum atomic E-state index is -1.16. The number of rotatable bonds is 6. The second-order valence-electron chi connectivity index (χ2n) is 6.93. The largest absolute Gasteiger partial charge is 0.481 e. The van der Waals surface area contributed by atoms with Gasteiger partial charge in [-0.05, 0) is 35.1 Å². The molecule has 0 atom stereocenters. The van der Waals surface area contributed by atoms with E-state index >= 15 is 0 Å². The van der Waals surface area contributed by atoms with Crippen LogP contribution in [0.4, 0.5) is 4.79 Å². The average molecular weight is 364 g/mol. The van der Waals surface area contributed by atoms with Crippen LogP contribution in [0.25, 0.3) is 11.1 Å². The molecule has 1 heterocycles. The van der Waals surface area contributed by atoms with Crippen LogP contribution in [0.5, 0.6) is 0 Å². The Morgan fingerprint density at radius 2 is 1.52 bits per heavy atom. The molecule has 1 spiro atoms. The first-order valence-corrected chi connectivity index (χ1v) is 9.11. The van der Waals surface area contributed by atoms with Crippen LogP contribution in [0.15, 0.2) is 48.5 Å². The summed E-state index contributed by atoms with van der Waals surface area (Å²) in [5.74, 6) is -1.09. The second kappa shape index (κ2) is 6.54. The first-order chi connectivity index (χ1) is 13.1. The number of aliphatic carboxylic acids is 1. The van der Waals surface area contributed by atoms with Crippen molar-refractivity contribution in [2.75, 3.05) is 6.54 Å². The van der Waals surface area contributed by atoms with Crippen LogP contribution < -0.4 is 5.32 Å². The van der Waals surface area contributed by atoms with E-state index in [1.54, 1.807) is 0 Å². The van der Waals surface area contributed by atoms with Gasteiger partial charge >= 0.3 is 12.0 Å². The van der Waals surface area contributed by atoms with E-state index in [2.05, 4.69) is 5.32 Å². The summed E-state index contributed by atoms with van der Waals surface area (Å²) in [7, 11) is 0. The number of hydrogen-bond acceptors (Lipinski definition) is 3. The molecule has 27 heavy (non-hydrogen) atoms. The van der Waals surface area contributed by atoms with Crippen molar-refractivity contribution in [3.63, 3.8) is 0 Å². The average Bonchev–Trinajstić information content (AvgIpc) is 3.09. The summed E-state index contributed by atoms with van der Waals surface area (Å²) >= 11 is 0. The lowest BCUT2D eigenvalue weighted by molar-refractivity contribution is -0.137. The number of carboxylic acids is 1. The molecular weight excluding hydrogens is 344 g/mol. The number of carboxylic acid groups (broad SMARTS) is 1. The van der Waals surface area contributed by atoms with Crippen LogP contribution in [0.2, 0.25) is 0 Å². The summed E-state index contributed by atoms with van der Waals surface area (Å²) < 4.78 is 0. The Morgan fingerprint density at radius 1 is 0.926 bits per heavy atom. The van der Waals surface area contributed by atoms with E-state index in [-0.39, 0.29) is 18.9 Å². The molecule has 0 bridgehead atoms. The highest BCUT2D eigenvalue weighted by atomic mass is 16.4. The summed E-state index contributed by atoms with van der Waals surface area (Å²) in [4.78, 5) is 37.9. The van der Waals surface area contributed by atoms with E-state index in [0.29, 0.717) is 19.3 Å². The van der Waals surface area contributed by atoms with Crippen LogP contribution in [0, 0.1) is 0 Å². The van der Waals surface area contributed by atoms with Gasteiger partial charge in [0.1, 0.15) is 0 Å². The van der Waals surface area contributed by atoms with Gasteiger partial charge in [-0.15, -0.1) is 0 Å². The monoisotopic (exact) mass is 364 g/mol. The van der Waals surface area contributed by atoms with Crippen molar-refractivity contribution in [3.8, 4) is 11.1 Å². The molecule has 1 saturated heterocycles. The number of imide groups is 1. The number of benzene rings is 2. The van der Waals surface area contributed by atoms with Gasteiger partial charge < -0.3 is 10.4 Å². The highest BCUT2D eigenvalue weighted by Crippen LogP contribution is 2.49. The molecule has 2 aromatic rings. The third kappa shape index (κ3) is 2.60. The van der Waals surface area contributed by atoms with Crippen LogP contribution in [-0.2, 0) is 15.1 Å². The van der Waals surface area contributed by atoms with Crippen LogP contribution >= 0.6 is 0 Å². The topological polar surface area (TPSA) is 86.7 Å². The van der Waals surface area contributed by atoms with Crippen molar-refractivity contribution in [3.05, 3.63) is 59.7 Å². The number of urea groups is 1. The summed E-state index contributed by atoms with van der Waals surface area (Å²) in [6.45, 7) is 0.288. The van der Waals surface area contributed by atoms with Gasteiger partial charge in [-0.1, -0.05) is 55.0 Å². The molecule has 0 radical (unpaired) electrons. The fourth-order valence-electron chi connectivity index (χ4n) is 4.10. The maximum absolute atomic E-state index is 13.4. The first-order valence-electron chi connectivity index (χ1n) is 9.11. The van der Waals surface area contributed by atoms with Crippen LogP contribution in [0.3, 0.4) is 0 Å². The van der Waals surface area contributed by atoms with E-state index < -0.39 is 17.5 Å². The first kappa shape index (κ1) is 17.3. The Hall–Kier alpha value is -3.15. The normalized spacial score (nSPS) is 16.4. The maximum Gasteiger partial charge on any atom is 0.325 e. The highest BCUT2D eigenvalue weighted by Gasteiger charge is 2.57. The number of fused-ring (bicyclic) bond motifs is 5. The maximum atomic E-state index is 13.4. The lowest BCUT2D eigenvalue weighted by atomic mass is 9.87. The van der Waals surface area contributed by atoms with Crippen LogP contribution in [0.1, 0.15) is 36.8 Å². The molecule has 1 aliphatic carbocycles. The number of carbonyl (C=O) groups excluding carboxylic acids is 2. The van der Waals surface area contributed by atoms with Gasteiger partial charge in [0.05, 0.1) is 0 Å². The smallest absolute Gasteiger partial charge is 0.325 e. The van der Waals surface area contributed by atoms with Crippen molar-refractivity contribution in [1.29, 1.82) is 0 Å². The van der Waals surface area contributed by atoms with Crippen molar-refractivity contribution in [1.82, 2.24) is 10.2 Å². The number of nitrogens with zero attached hydrogens (tertiary/aromatic N) is 1. The van der Waals surface area contributed by atoms with Crippen LogP contribution in [-0.4, -0.2) is 34.5 Å². The third-order valence-electron chi connectivity index (χ3n) is 5.33. The van der Waals surface area contributed by atoms with E-state index in [0.717, 1.165) is 22.3 Å². The standard InChI is InChI=1S/C21H20N2O4/c24-18(25)12-2-1-7-13-23-19(26)21(22-20(23)27)16-10-5-3-8-14(16)15-9-4-6-11-17(15)21/h3-6,8-11H,1-2,7,12-13H2,(H,22,27)(H,24,25). The molecule has 6 nitrogen and oxygen atoms in total. The molecule has 1 aliphatic heterocycles. The van der Waals surface area contributed by atoms with Gasteiger partial charge in [0.15, 0.2) is 5.54 Å². The zero-order valence-electron chi connectivity index (χ0n) is 14.8. The Bertz CT molecular complexity index is 892. The van der Waals surface area contributed by atoms with Gasteiger partial charge in [-0.2, -0.15) is 0 Å². The molecule has 4 rings (SSSR count). The molecular formula is C21H20N2O4. The van der Waals surface area contributed by atoms with Gasteiger partial charge in [0, 0.05) is 13.0 Å². The lowest BCUT2D eigenvalue weighted by Crippen LogP contribution is -2.43. The second-order valence-corrected chi connectivity index (χ2v) is 6.93. The summed E-state index contributed by atoms with van der Waals surface area (Å²) in [6, 6.07) is 14.9. The van der Waals surface area contributed by atoms with Gasteiger partial charge in [0.2, 0.25) is 0 Å². The molecule has 6 heteroatoms. The minimum absolute atomic E-state index is 0.102. The fourth-order valence-corrected chi connectivity index (χ4v) is 4.10. The SMILES string of the molecule is O=C(O)CCCCCN1C(=O)NC2(C1=O)c1ccccc1-c1ccccc12. The molecule has 0 saturated carbocycles. The predicted octanol–water partition coefficient (Wildman–Crippen LogP) is 3.11. The van der Waals surface area contributed by atoms with Gasteiger partial charge in [-0.3, -0.25) is 14.5 Å². The van der Waals surface area contributed by atoms with Gasteiger partial charge in [-0.25, -0.2) is 4.79 Å². The molecule has 2 aliphatic rings.